The van der Waals surface area contributed by atoms with E-state index in [1.54, 1.807) is 81.0 Å². The molecule has 0 aliphatic carbocycles. The molecule has 9 rings (SSSR count). The Hall–Kier alpha value is -8.63. The summed E-state index contributed by atoms with van der Waals surface area (Å²) in [6.45, 7) is 2.48. The fourth-order valence-electron chi connectivity index (χ4n) is 8.80. The van der Waals surface area contributed by atoms with Crippen molar-refractivity contribution in [1.82, 2.24) is 39.7 Å². The number of amides is 2. The van der Waals surface area contributed by atoms with Gasteiger partial charge in [-0.1, -0.05) is 24.3 Å². The number of para-hydroxylation sites is 2. The van der Waals surface area contributed by atoms with E-state index in [1.165, 1.54) is 36.9 Å². The summed E-state index contributed by atoms with van der Waals surface area (Å²) < 4.78 is 64.8. The van der Waals surface area contributed by atoms with Gasteiger partial charge in [0.05, 0.1) is 25.0 Å². The molecular weight excluding hydrogens is 951 g/mol. The zero-order valence-corrected chi connectivity index (χ0v) is 39.8. The number of ether oxygens (including phenoxy) is 2. The number of carbonyl (C=O) groups is 2. The lowest BCUT2D eigenvalue weighted by molar-refractivity contribution is -0.274. The van der Waals surface area contributed by atoms with Crippen molar-refractivity contribution in [2.45, 2.75) is 57.0 Å². The smallest absolute Gasteiger partial charge is 0.496 e. The third kappa shape index (κ3) is 12.8. The van der Waals surface area contributed by atoms with E-state index < -0.39 is 6.36 Å². The standard InChI is InChI=1S/C50H51F4N15O4/c1-66(41-11-3-4-12-43(41)73-50(52,53)54)38-17-21-67(22-18-38)48-57-30-55-46(64-48)62-36-9-5-7-34(26-36)60-44(70)15-16-45(71)61-35-8-6-10-37(27-35)63-47-56-31-58-49(65-47)68-23-19-39(20-24-68)69-29-32(28-59-69)40-25-33(51)13-14-42(40)72-2/h3-14,25-31,38-39H,15-24H2,1-2H3,(H,60,70)(H,61,71)(H,55,57,62,64)(H,56,58,63,65). The highest BCUT2D eigenvalue weighted by atomic mass is 19.4. The summed E-state index contributed by atoms with van der Waals surface area (Å²) in [4.78, 5) is 58.5. The van der Waals surface area contributed by atoms with Gasteiger partial charge in [-0.15, -0.1) is 13.2 Å². The molecule has 2 saturated heterocycles. The second kappa shape index (κ2) is 22.2. The minimum absolute atomic E-state index is 0.0395. The van der Waals surface area contributed by atoms with Gasteiger partial charge in [-0.2, -0.15) is 15.1 Å². The van der Waals surface area contributed by atoms with Gasteiger partial charge in [0.2, 0.25) is 35.6 Å². The third-order valence-electron chi connectivity index (χ3n) is 12.5. The molecule has 0 bridgehead atoms. The summed E-state index contributed by atoms with van der Waals surface area (Å²) in [5, 5.41) is 16.6. The fourth-order valence-corrected chi connectivity index (χ4v) is 8.80. The van der Waals surface area contributed by atoms with Crippen LogP contribution in [0.4, 0.5) is 69.8 Å². The molecule has 4 aromatic carbocycles. The van der Waals surface area contributed by atoms with E-state index in [2.05, 4.69) is 65.9 Å². The van der Waals surface area contributed by atoms with E-state index in [9.17, 15) is 27.2 Å². The summed E-state index contributed by atoms with van der Waals surface area (Å²) in [5.74, 6) is 0.845. The second-order valence-corrected chi connectivity index (χ2v) is 17.3. The first kappa shape index (κ1) is 49.4. The lowest BCUT2D eigenvalue weighted by Crippen LogP contribution is -2.44. The van der Waals surface area contributed by atoms with Gasteiger partial charge in [0.15, 0.2) is 5.75 Å². The van der Waals surface area contributed by atoms with Crippen LogP contribution in [0.2, 0.25) is 0 Å². The van der Waals surface area contributed by atoms with Gasteiger partial charge >= 0.3 is 6.36 Å². The molecule has 378 valence electrons. The largest absolute Gasteiger partial charge is 0.573 e. The van der Waals surface area contributed by atoms with Crippen LogP contribution >= 0.6 is 0 Å². The SMILES string of the molecule is COc1ccc(F)cc1-c1cnn(C2CCN(c3ncnc(Nc4cccc(NC(=O)CCC(=O)Nc5cccc(Nc6ncnc(N7CCC(N(C)c8ccccc8OC(F)(F)F)CC7)n6)c5)c4)n3)CC2)c1. The Balaban J connectivity index is 0.713. The normalized spacial score (nSPS) is 14.3. The molecule has 0 saturated carbocycles. The van der Waals surface area contributed by atoms with Crippen molar-refractivity contribution in [3.05, 3.63) is 122 Å². The molecule has 0 radical (unpaired) electrons. The van der Waals surface area contributed by atoms with Crippen LogP contribution in [0.3, 0.4) is 0 Å². The number of hydrogen-bond donors (Lipinski definition) is 4. The summed E-state index contributed by atoms with van der Waals surface area (Å²) >= 11 is 0. The van der Waals surface area contributed by atoms with E-state index in [-0.39, 0.29) is 54.3 Å². The molecule has 4 N–H and O–H groups in total. The van der Waals surface area contributed by atoms with Crippen molar-refractivity contribution < 1.29 is 36.6 Å². The minimum atomic E-state index is -4.80. The number of piperidine rings is 2. The quantitative estimate of drug-likeness (QED) is 0.0629. The number of hydrogen-bond acceptors (Lipinski definition) is 16. The Morgan fingerprint density at radius 3 is 1.84 bits per heavy atom. The highest BCUT2D eigenvalue weighted by molar-refractivity contribution is 5.97. The lowest BCUT2D eigenvalue weighted by atomic mass is 10.0. The highest BCUT2D eigenvalue weighted by Gasteiger charge is 2.34. The van der Waals surface area contributed by atoms with Crippen molar-refractivity contribution in [3.63, 3.8) is 0 Å². The second-order valence-electron chi connectivity index (χ2n) is 17.3. The first-order valence-corrected chi connectivity index (χ1v) is 23.5. The minimum Gasteiger partial charge on any atom is -0.496 e. The number of rotatable bonds is 17. The molecule has 7 aromatic rings. The number of nitrogens with zero attached hydrogens (tertiary/aromatic N) is 11. The van der Waals surface area contributed by atoms with Crippen molar-refractivity contribution in [1.29, 1.82) is 0 Å². The van der Waals surface area contributed by atoms with Gasteiger partial charge in [0.25, 0.3) is 0 Å². The van der Waals surface area contributed by atoms with Crippen LogP contribution in [0.1, 0.15) is 44.6 Å². The predicted octanol–water partition coefficient (Wildman–Crippen LogP) is 8.76. The molecule has 23 heteroatoms. The number of methoxy groups -OCH3 is 1. The summed E-state index contributed by atoms with van der Waals surface area (Å²) in [5.41, 5.74) is 4.02. The first-order valence-electron chi connectivity index (χ1n) is 23.5. The van der Waals surface area contributed by atoms with Gasteiger partial charge < -0.3 is 45.4 Å². The lowest BCUT2D eigenvalue weighted by Gasteiger charge is -2.38. The van der Waals surface area contributed by atoms with E-state index in [0.717, 1.165) is 18.4 Å². The molecule has 73 heavy (non-hydrogen) atoms. The molecule has 0 spiro atoms. The summed E-state index contributed by atoms with van der Waals surface area (Å²) in [6, 6.07) is 24.7. The third-order valence-corrected chi connectivity index (χ3v) is 12.5. The Bertz CT molecular complexity index is 3040. The average Bonchev–Trinajstić information content (AvgIpc) is 3.89. The Labute approximate surface area is 417 Å². The summed E-state index contributed by atoms with van der Waals surface area (Å²) in [6.07, 6.45) is 4.40. The van der Waals surface area contributed by atoms with E-state index in [1.807, 2.05) is 26.7 Å². The molecule has 2 amide bonds. The average molecular weight is 1000 g/mol. The molecule has 3 aromatic heterocycles. The van der Waals surface area contributed by atoms with Crippen molar-refractivity contribution in [3.8, 4) is 22.6 Å². The monoisotopic (exact) mass is 1000 g/mol. The number of aromatic nitrogens is 8. The molecule has 2 fully saturated rings. The molecule has 0 atom stereocenters. The molecule has 2 aliphatic rings. The molecule has 5 heterocycles. The van der Waals surface area contributed by atoms with Crippen LogP contribution in [0.5, 0.6) is 11.5 Å². The van der Waals surface area contributed by atoms with Gasteiger partial charge in [0.1, 0.15) is 24.2 Å². The fraction of sp³-hybridized carbons (Fsp3) is 0.300. The molecular formula is C50H51F4N15O4. The maximum atomic E-state index is 14.0. The van der Waals surface area contributed by atoms with Crippen molar-refractivity contribution in [2.24, 2.45) is 0 Å². The molecule has 0 unspecified atom stereocenters. The van der Waals surface area contributed by atoms with Gasteiger partial charge in [-0.25, -0.2) is 24.3 Å². The number of alkyl halides is 3. The van der Waals surface area contributed by atoms with Gasteiger partial charge in [-0.05, 0) is 92.4 Å². The Kier molecular flexibility index (Phi) is 15.0. The number of nitrogens with one attached hydrogen (secondary N) is 4. The predicted molar refractivity (Wildman–Crippen MR) is 267 cm³/mol. The number of anilines is 9. The van der Waals surface area contributed by atoms with Crippen LogP contribution in [0.15, 0.2) is 116 Å². The van der Waals surface area contributed by atoms with Crippen molar-refractivity contribution in [2.75, 3.05) is 76.3 Å². The van der Waals surface area contributed by atoms with E-state index >= 15 is 0 Å². The van der Waals surface area contributed by atoms with E-state index in [4.69, 9.17) is 4.74 Å². The van der Waals surface area contributed by atoms with Crippen LogP contribution < -0.4 is 45.4 Å². The van der Waals surface area contributed by atoms with Gasteiger partial charge in [-0.3, -0.25) is 14.3 Å². The zero-order chi connectivity index (χ0) is 50.9. The number of halogens is 4. The topological polar surface area (TPSA) is 206 Å². The summed E-state index contributed by atoms with van der Waals surface area (Å²) in [7, 11) is 3.32. The zero-order valence-electron chi connectivity index (χ0n) is 39.8. The van der Waals surface area contributed by atoms with Crippen LogP contribution in [0.25, 0.3) is 11.1 Å². The molecule has 2 aliphatic heterocycles. The Morgan fingerprint density at radius 1 is 0.699 bits per heavy atom. The van der Waals surface area contributed by atoms with Crippen molar-refractivity contribution >= 4 is 64.0 Å². The highest BCUT2D eigenvalue weighted by Crippen LogP contribution is 2.36. The first-order chi connectivity index (χ1) is 35.3. The van der Waals surface area contributed by atoms with Crippen LogP contribution in [-0.2, 0) is 9.59 Å². The van der Waals surface area contributed by atoms with E-state index in [0.29, 0.717) is 96.6 Å². The van der Waals surface area contributed by atoms with Crippen LogP contribution in [-0.4, -0.2) is 104 Å². The maximum absolute atomic E-state index is 14.0. The number of benzene rings is 4. The van der Waals surface area contributed by atoms with Gasteiger partial charge in [0, 0.05) is 92.2 Å². The maximum Gasteiger partial charge on any atom is 0.573 e. The Morgan fingerprint density at radius 2 is 1.26 bits per heavy atom. The number of carbonyl (C=O) groups excluding carboxylic acids is 2. The molecule has 19 nitrogen and oxygen atoms in total. The van der Waals surface area contributed by atoms with Crippen LogP contribution in [0, 0.1) is 5.82 Å².